The van der Waals surface area contributed by atoms with Gasteiger partial charge in [0.05, 0.1) is 6.54 Å². The van der Waals surface area contributed by atoms with Crippen LogP contribution in [0.15, 0.2) is 24.3 Å². The Labute approximate surface area is 172 Å². The molecule has 0 unspecified atom stereocenters. The Morgan fingerprint density at radius 3 is 2.66 bits per heavy atom. The molecule has 2 fully saturated rings. The van der Waals surface area contributed by atoms with Crippen molar-refractivity contribution < 1.29 is 23.8 Å². The van der Waals surface area contributed by atoms with E-state index in [0.717, 1.165) is 19.4 Å². The van der Waals surface area contributed by atoms with Crippen molar-refractivity contribution in [3.63, 3.8) is 0 Å². The van der Waals surface area contributed by atoms with E-state index in [1.54, 1.807) is 17.0 Å². The lowest BCUT2D eigenvalue weighted by Crippen LogP contribution is -2.53. The fraction of sp³-hybridized carbons (Fsp3) is 0.682. The quantitative estimate of drug-likeness (QED) is 0.733. The Hall–Kier alpha value is -1.70. The topological polar surface area (TPSA) is 62.2 Å². The minimum atomic E-state index is -1.24. The lowest BCUT2D eigenvalue weighted by atomic mass is 10.0. The zero-order valence-electron chi connectivity index (χ0n) is 17.3. The molecule has 162 valence electrons. The molecule has 29 heavy (non-hydrogen) atoms. The highest BCUT2D eigenvalue weighted by Gasteiger charge is 2.39. The molecule has 1 atom stereocenters. The minimum absolute atomic E-state index is 0.00354. The van der Waals surface area contributed by atoms with E-state index in [1.165, 1.54) is 44.9 Å². The molecule has 1 aliphatic heterocycles. The molecule has 1 heterocycles. The van der Waals surface area contributed by atoms with E-state index in [9.17, 15) is 14.3 Å². The Balaban J connectivity index is 1.74. The Morgan fingerprint density at radius 1 is 1.21 bits per heavy atom. The van der Waals surface area contributed by atoms with E-state index in [1.807, 2.05) is 0 Å². The van der Waals surface area contributed by atoms with E-state index >= 15 is 0 Å². The zero-order chi connectivity index (χ0) is 20.7. The number of nitrogens with zero attached hydrogens (tertiary/aromatic N) is 2. The molecule has 7 heteroatoms. The molecule has 2 aliphatic rings. The van der Waals surface area contributed by atoms with Gasteiger partial charge in [0.15, 0.2) is 0 Å². The van der Waals surface area contributed by atoms with E-state index in [0.29, 0.717) is 24.9 Å². The first-order valence-electron chi connectivity index (χ1n) is 10.6. The first-order chi connectivity index (χ1) is 14.0. The average molecular weight is 409 g/mol. The van der Waals surface area contributed by atoms with Crippen LogP contribution in [0.1, 0.15) is 38.5 Å². The SMILES string of the molecule is COCC(=O)N1CCN(C2CCCCCC2)C[C@](O)(COc2cccc(F)c2)C1. The van der Waals surface area contributed by atoms with Crippen molar-refractivity contribution >= 4 is 5.91 Å². The van der Waals surface area contributed by atoms with Crippen LogP contribution < -0.4 is 4.74 Å². The number of ether oxygens (including phenoxy) is 2. The highest BCUT2D eigenvalue weighted by molar-refractivity contribution is 5.77. The third kappa shape index (κ3) is 6.39. The van der Waals surface area contributed by atoms with Gasteiger partial charge in [-0.05, 0) is 25.0 Å². The molecule has 1 saturated heterocycles. The Morgan fingerprint density at radius 2 is 1.97 bits per heavy atom. The summed E-state index contributed by atoms with van der Waals surface area (Å²) in [6, 6.07) is 6.31. The van der Waals surface area contributed by atoms with Crippen molar-refractivity contribution in [3.05, 3.63) is 30.1 Å². The number of halogens is 1. The van der Waals surface area contributed by atoms with Crippen molar-refractivity contribution in [3.8, 4) is 5.75 Å². The second-order valence-corrected chi connectivity index (χ2v) is 8.33. The monoisotopic (exact) mass is 408 g/mol. The smallest absolute Gasteiger partial charge is 0.248 e. The second kappa shape index (κ2) is 10.4. The lowest BCUT2D eigenvalue weighted by molar-refractivity contribution is -0.138. The summed E-state index contributed by atoms with van der Waals surface area (Å²) in [5, 5.41) is 11.4. The van der Waals surface area contributed by atoms with E-state index < -0.39 is 5.60 Å². The van der Waals surface area contributed by atoms with Crippen LogP contribution >= 0.6 is 0 Å². The number of benzene rings is 1. The van der Waals surface area contributed by atoms with Gasteiger partial charge in [-0.15, -0.1) is 0 Å². The maximum atomic E-state index is 13.5. The standard InChI is InChI=1S/C22H33FN2O4/c1-28-14-21(26)25-12-11-24(19-8-4-2-3-5-9-19)15-22(27,16-25)17-29-20-10-6-7-18(23)13-20/h6-7,10,13,19,27H,2-5,8-9,11-12,14-17H2,1H3/t22-/m1/s1. The first kappa shape index (κ1) is 22.0. The van der Waals surface area contributed by atoms with Crippen molar-refractivity contribution in [2.24, 2.45) is 0 Å². The molecule has 0 spiro atoms. The van der Waals surface area contributed by atoms with Crippen molar-refractivity contribution in [2.75, 3.05) is 46.5 Å². The molecule has 1 aromatic carbocycles. The van der Waals surface area contributed by atoms with Crippen LogP contribution in [0.4, 0.5) is 4.39 Å². The number of hydrogen-bond acceptors (Lipinski definition) is 5. The predicted octanol–water partition coefficient (Wildman–Crippen LogP) is 2.45. The van der Waals surface area contributed by atoms with Crippen molar-refractivity contribution in [2.45, 2.75) is 50.2 Å². The van der Waals surface area contributed by atoms with Crippen molar-refractivity contribution in [1.82, 2.24) is 9.80 Å². The highest BCUT2D eigenvalue weighted by atomic mass is 19.1. The summed E-state index contributed by atoms with van der Waals surface area (Å²) >= 11 is 0. The molecule has 1 aliphatic carbocycles. The van der Waals surface area contributed by atoms with Gasteiger partial charge in [0.25, 0.3) is 0 Å². The van der Waals surface area contributed by atoms with Gasteiger partial charge in [0.2, 0.25) is 5.91 Å². The fourth-order valence-electron chi connectivity index (χ4n) is 4.42. The van der Waals surface area contributed by atoms with E-state index in [4.69, 9.17) is 9.47 Å². The number of amides is 1. The Bertz CT molecular complexity index is 666. The van der Waals surface area contributed by atoms with Crippen LogP contribution in [0.2, 0.25) is 0 Å². The normalized spacial score (nSPS) is 24.7. The number of hydrogen-bond donors (Lipinski definition) is 1. The number of methoxy groups -OCH3 is 1. The highest BCUT2D eigenvalue weighted by Crippen LogP contribution is 2.26. The predicted molar refractivity (Wildman–Crippen MR) is 108 cm³/mol. The maximum Gasteiger partial charge on any atom is 0.248 e. The third-order valence-electron chi connectivity index (χ3n) is 5.90. The minimum Gasteiger partial charge on any atom is -0.490 e. The molecule has 3 rings (SSSR count). The number of aliphatic hydroxyl groups is 1. The molecule has 0 radical (unpaired) electrons. The summed E-state index contributed by atoms with van der Waals surface area (Å²) < 4.78 is 24.2. The van der Waals surface area contributed by atoms with Gasteiger partial charge in [-0.1, -0.05) is 31.7 Å². The molecule has 1 amide bonds. The molecular formula is C22H33FN2O4. The molecule has 1 saturated carbocycles. The molecule has 0 aromatic heterocycles. The third-order valence-corrected chi connectivity index (χ3v) is 5.90. The molecule has 1 N–H and O–H groups in total. The summed E-state index contributed by atoms with van der Waals surface area (Å²) in [5.74, 6) is -0.148. The first-order valence-corrected chi connectivity index (χ1v) is 10.6. The molecule has 1 aromatic rings. The number of carbonyl (C=O) groups excluding carboxylic acids is 1. The van der Waals surface area contributed by atoms with Crippen LogP contribution in [0.3, 0.4) is 0 Å². The van der Waals surface area contributed by atoms with Crippen LogP contribution in [0, 0.1) is 5.82 Å². The van der Waals surface area contributed by atoms with E-state index in [-0.39, 0.29) is 31.5 Å². The van der Waals surface area contributed by atoms with Gasteiger partial charge in [-0.2, -0.15) is 0 Å². The second-order valence-electron chi connectivity index (χ2n) is 8.33. The van der Waals surface area contributed by atoms with Crippen LogP contribution in [-0.4, -0.2) is 79.0 Å². The fourth-order valence-corrected chi connectivity index (χ4v) is 4.42. The van der Waals surface area contributed by atoms with Crippen LogP contribution in [0.5, 0.6) is 5.75 Å². The van der Waals surface area contributed by atoms with Gasteiger partial charge in [-0.25, -0.2) is 4.39 Å². The van der Waals surface area contributed by atoms with Crippen LogP contribution in [-0.2, 0) is 9.53 Å². The average Bonchev–Trinajstić information content (AvgIpc) is 3.07. The number of carbonyl (C=O) groups is 1. The lowest BCUT2D eigenvalue weighted by Gasteiger charge is -2.36. The summed E-state index contributed by atoms with van der Waals surface area (Å²) in [6.07, 6.45) is 7.16. The van der Waals surface area contributed by atoms with Gasteiger partial charge in [0.1, 0.15) is 30.4 Å². The number of rotatable bonds is 6. The van der Waals surface area contributed by atoms with Gasteiger partial charge < -0.3 is 19.5 Å². The summed E-state index contributed by atoms with van der Waals surface area (Å²) in [5.41, 5.74) is -1.24. The molecular weight excluding hydrogens is 375 g/mol. The summed E-state index contributed by atoms with van der Waals surface area (Å²) in [4.78, 5) is 16.5. The van der Waals surface area contributed by atoms with Crippen molar-refractivity contribution in [1.29, 1.82) is 0 Å². The molecule has 0 bridgehead atoms. The zero-order valence-corrected chi connectivity index (χ0v) is 17.3. The van der Waals surface area contributed by atoms with Gasteiger partial charge in [0, 0.05) is 38.9 Å². The van der Waals surface area contributed by atoms with Gasteiger partial charge in [-0.3, -0.25) is 9.69 Å². The summed E-state index contributed by atoms with van der Waals surface area (Å²) in [7, 11) is 1.49. The number of β-amino-alcohol motifs (C(OH)–C–C–N with tert-alkyl or cyclic N) is 1. The van der Waals surface area contributed by atoms with E-state index in [2.05, 4.69) is 4.90 Å². The summed E-state index contributed by atoms with van der Waals surface area (Å²) in [6.45, 7) is 1.88. The largest absolute Gasteiger partial charge is 0.490 e. The maximum absolute atomic E-state index is 13.5. The Kier molecular flexibility index (Phi) is 7.86. The van der Waals surface area contributed by atoms with Crippen LogP contribution in [0.25, 0.3) is 0 Å². The van der Waals surface area contributed by atoms with Gasteiger partial charge >= 0.3 is 0 Å². The molecule has 6 nitrogen and oxygen atoms in total.